The molecule has 2 aromatic rings. The molecule has 0 amide bonds. The van der Waals surface area contributed by atoms with Crippen LogP contribution in [0.5, 0.6) is 5.75 Å². The zero-order valence-electron chi connectivity index (χ0n) is 10.3. The number of anilines is 2. The molecule has 4 N–H and O–H groups in total. The number of hydrogen-bond acceptors (Lipinski definition) is 6. The summed E-state index contributed by atoms with van der Waals surface area (Å²) in [5.74, 6) is 0.865. The summed E-state index contributed by atoms with van der Waals surface area (Å²) < 4.78 is 22.2. The molecule has 0 aliphatic rings. The highest BCUT2D eigenvalue weighted by Gasteiger charge is 2.07. The quantitative estimate of drug-likeness (QED) is 0.601. The second kappa shape index (κ2) is 6.14. The number of alkyl halides is 1. The van der Waals surface area contributed by atoms with Crippen molar-refractivity contribution >= 4 is 22.4 Å². The largest absolute Gasteiger partial charge is 0.489 e. The summed E-state index contributed by atoms with van der Waals surface area (Å²) in [4.78, 5) is 7.98. The first-order valence-electron chi connectivity index (χ1n) is 5.78. The van der Waals surface area contributed by atoms with Crippen LogP contribution in [-0.4, -0.2) is 36.5 Å². The molecular formula is C12H15FN4O2. The van der Waals surface area contributed by atoms with Crippen LogP contribution in [0.15, 0.2) is 18.5 Å². The van der Waals surface area contributed by atoms with Gasteiger partial charge in [0.1, 0.15) is 31.2 Å². The molecule has 102 valence electrons. The number of benzene rings is 1. The van der Waals surface area contributed by atoms with Gasteiger partial charge in [0.2, 0.25) is 0 Å². The van der Waals surface area contributed by atoms with Gasteiger partial charge in [-0.15, -0.1) is 0 Å². The highest BCUT2D eigenvalue weighted by Crippen LogP contribution is 2.28. The Hall–Kier alpha value is -2.15. The number of halogens is 1. The van der Waals surface area contributed by atoms with E-state index in [9.17, 15) is 4.39 Å². The first-order chi connectivity index (χ1) is 9.22. The summed E-state index contributed by atoms with van der Waals surface area (Å²) in [7, 11) is 0. The van der Waals surface area contributed by atoms with E-state index in [2.05, 4.69) is 9.97 Å². The number of nitrogen functional groups attached to an aromatic ring is 2. The van der Waals surface area contributed by atoms with E-state index in [0.29, 0.717) is 34.8 Å². The van der Waals surface area contributed by atoms with Gasteiger partial charge >= 0.3 is 0 Å². The van der Waals surface area contributed by atoms with Crippen molar-refractivity contribution in [3.63, 3.8) is 0 Å². The van der Waals surface area contributed by atoms with Crippen molar-refractivity contribution < 1.29 is 13.9 Å². The summed E-state index contributed by atoms with van der Waals surface area (Å²) >= 11 is 0. The molecule has 1 aromatic heterocycles. The van der Waals surface area contributed by atoms with Crippen LogP contribution in [0.25, 0.3) is 10.9 Å². The van der Waals surface area contributed by atoms with E-state index < -0.39 is 6.67 Å². The summed E-state index contributed by atoms with van der Waals surface area (Å²) in [5.41, 5.74) is 12.7. The Labute approximate surface area is 109 Å². The predicted molar refractivity (Wildman–Crippen MR) is 70.7 cm³/mol. The lowest BCUT2D eigenvalue weighted by Crippen LogP contribution is -2.09. The first-order valence-corrected chi connectivity index (χ1v) is 5.78. The Kier molecular flexibility index (Phi) is 4.30. The summed E-state index contributed by atoms with van der Waals surface area (Å²) in [5, 5.41) is 0.682. The monoisotopic (exact) mass is 266 g/mol. The van der Waals surface area contributed by atoms with Crippen molar-refractivity contribution in [3.05, 3.63) is 18.5 Å². The highest BCUT2D eigenvalue weighted by atomic mass is 19.1. The molecule has 0 bridgehead atoms. The van der Waals surface area contributed by atoms with Crippen molar-refractivity contribution in [2.24, 2.45) is 0 Å². The maximum absolute atomic E-state index is 11.8. The van der Waals surface area contributed by atoms with Crippen LogP contribution in [0.4, 0.5) is 15.9 Å². The Morgan fingerprint density at radius 2 is 1.95 bits per heavy atom. The lowest BCUT2D eigenvalue weighted by atomic mass is 10.2. The van der Waals surface area contributed by atoms with Crippen molar-refractivity contribution in [2.45, 2.75) is 0 Å². The molecule has 0 atom stereocenters. The molecular weight excluding hydrogens is 251 g/mol. The zero-order chi connectivity index (χ0) is 13.7. The van der Waals surface area contributed by atoms with E-state index >= 15 is 0 Å². The first kappa shape index (κ1) is 13.3. The second-order valence-electron chi connectivity index (χ2n) is 3.82. The number of aromatic nitrogens is 2. The molecule has 1 heterocycles. The van der Waals surface area contributed by atoms with Crippen LogP contribution < -0.4 is 16.2 Å². The molecule has 0 saturated heterocycles. The van der Waals surface area contributed by atoms with Gasteiger partial charge in [-0.3, -0.25) is 0 Å². The topological polar surface area (TPSA) is 96.3 Å². The van der Waals surface area contributed by atoms with Gasteiger partial charge in [0.15, 0.2) is 0 Å². The van der Waals surface area contributed by atoms with E-state index in [1.54, 1.807) is 12.1 Å². The van der Waals surface area contributed by atoms with Gasteiger partial charge in [-0.2, -0.15) is 0 Å². The molecule has 0 saturated carbocycles. The van der Waals surface area contributed by atoms with Gasteiger partial charge in [0, 0.05) is 11.5 Å². The standard InChI is InChI=1S/C12H15FN4O2/c13-1-2-18-3-4-19-11-6-10-8(5-9(11)14)12(15)17-7-16-10/h5-7H,1-4,14H2,(H2,15,16,17). The normalized spacial score (nSPS) is 10.8. The summed E-state index contributed by atoms with van der Waals surface area (Å²) in [6, 6.07) is 3.36. The lowest BCUT2D eigenvalue weighted by Gasteiger charge is -2.10. The second-order valence-corrected chi connectivity index (χ2v) is 3.82. The Balaban J connectivity index is 2.09. The minimum atomic E-state index is -0.506. The van der Waals surface area contributed by atoms with Crippen LogP contribution in [0.3, 0.4) is 0 Å². The van der Waals surface area contributed by atoms with Crippen LogP contribution >= 0.6 is 0 Å². The number of nitrogens with zero attached hydrogens (tertiary/aromatic N) is 2. The van der Waals surface area contributed by atoms with Gasteiger partial charge in [0.25, 0.3) is 0 Å². The van der Waals surface area contributed by atoms with E-state index in [0.717, 1.165) is 0 Å². The van der Waals surface area contributed by atoms with E-state index in [4.69, 9.17) is 20.9 Å². The van der Waals surface area contributed by atoms with Crippen molar-refractivity contribution in [3.8, 4) is 5.75 Å². The van der Waals surface area contributed by atoms with Crippen LogP contribution in [0, 0.1) is 0 Å². The molecule has 0 aliphatic carbocycles. The van der Waals surface area contributed by atoms with Gasteiger partial charge in [-0.25, -0.2) is 14.4 Å². The summed E-state index contributed by atoms with van der Waals surface area (Å²) in [6.07, 6.45) is 1.38. The third-order valence-electron chi connectivity index (χ3n) is 2.50. The lowest BCUT2D eigenvalue weighted by molar-refractivity contribution is 0.0899. The molecule has 2 rings (SSSR count). The van der Waals surface area contributed by atoms with E-state index in [-0.39, 0.29) is 13.2 Å². The maximum atomic E-state index is 11.8. The maximum Gasteiger partial charge on any atom is 0.144 e. The molecule has 0 fully saturated rings. The Morgan fingerprint density at radius 3 is 2.74 bits per heavy atom. The third kappa shape index (κ3) is 3.19. The van der Waals surface area contributed by atoms with Crippen LogP contribution in [0.1, 0.15) is 0 Å². The Bertz CT molecular complexity index is 565. The fourth-order valence-corrected chi connectivity index (χ4v) is 1.61. The fourth-order valence-electron chi connectivity index (χ4n) is 1.61. The van der Waals surface area contributed by atoms with Gasteiger partial charge in [-0.05, 0) is 6.07 Å². The smallest absolute Gasteiger partial charge is 0.144 e. The number of hydrogen-bond donors (Lipinski definition) is 2. The third-order valence-corrected chi connectivity index (χ3v) is 2.50. The number of fused-ring (bicyclic) bond motifs is 1. The molecule has 6 nitrogen and oxygen atoms in total. The fraction of sp³-hybridized carbons (Fsp3) is 0.333. The SMILES string of the molecule is Nc1cc2c(N)ncnc2cc1OCCOCCF. The average molecular weight is 266 g/mol. The molecule has 19 heavy (non-hydrogen) atoms. The number of ether oxygens (including phenoxy) is 2. The number of nitrogens with two attached hydrogens (primary N) is 2. The van der Waals surface area contributed by atoms with Crippen molar-refractivity contribution in [1.29, 1.82) is 0 Å². The zero-order valence-corrected chi connectivity index (χ0v) is 10.3. The Morgan fingerprint density at radius 1 is 1.11 bits per heavy atom. The van der Waals surface area contributed by atoms with E-state index in [1.165, 1.54) is 6.33 Å². The van der Waals surface area contributed by atoms with Crippen molar-refractivity contribution in [2.75, 3.05) is 38.0 Å². The van der Waals surface area contributed by atoms with Gasteiger partial charge in [-0.1, -0.05) is 0 Å². The van der Waals surface area contributed by atoms with Gasteiger partial charge < -0.3 is 20.9 Å². The molecule has 7 heteroatoms. The minimum Gasteiger partial charge on any atom is -0.489 e. The summed E-state index contributed by atoms with van der Waals surface area (Å²) in [6.45, 7) is 0.151. The number of rotatable bonds is 6. The van der Waals surface area contributed by atoms with Crippen LogP contribution in [0.2, 0.25) is 0 Å². The molecule has 1 aromatic carbocycles. The van der Waals surface area contributed by atoms with E-state index in [1.807, 2.05) is 0 Å². The van der Waals surface area contributed by atoms with Crippen LogP contribution in [-0.2, 0) is 4.74 Å². The predicted octanol–water partition coefficient (Wildman–Crippen LogP) is 1.16. The average Bonchev–Trinajstić information content (AvgIpc) is 2.40. The molecule has 0 aliphatic heterocycles. The molecule has 0 radical (unpaired) electrons. The van der Waals surface area contributed by atoms with Crippen molar-refractivity contribution in [1.82, 2.24) is 9.97 Å². The van der Waals surface area contributed by atoms with Gasteiger partial charge in [0.05, 0.1) is 24.4 Å². The highest BCUT2D eigenvalue weighted by molar-refractivity contribution is 5.92. The molecule has 0 spiro atoms. The molecule has 0 unspecified atom stereocenters. The minimum absolute atomic E-state index is 0.0698.